The highest BCUT2D eigenvalue weighted by atomic mass is 35.5. The van der Waals surface area contributed by atoms with Crippen molar-refractivity contribution in [2.75, 3.05) is 0 Å². The van der Waals surface area contributed by atoms with Crippen molar-refractivity contribution in [3.05, 3.63) is 59.6 Å². The van der Waals surface area contributed by atoms with Gasteiger partial charge in [-0.15, -0.1) is 0 Å². The number of rotatable bonds is 4. The number of nitrogens with zero attached hydrogens (tertiary/aromatic N) is 4. The van der Waals surface area contributed by atoms with Gasteiger partial charge in [-0.05, 0) is 24.3 Å². The molecule has 5 rings (SSSR count). The Labute approximate surface area is 164 Å². The Morgan fingerprint density at radius 3 is 2.82 bits per heavy atom. The van der Waals surface area contributed by atoms with Crippen LogP contribution in [-0.2, 0) is 6.42 Å². The number of pyridine rings is 2. The standard InChI is InChI=1S/C20H14ClN5O2/c1-2-17-25-20(28-26-17)14-8-12-15(10-22-14)24-13-4-3-5-16(19(12)13)27-18-7-6-11(21)9-23-18/h3-10,24H,2H2,1H3. The predicted octanol–water partition coefficient (Wildman–Crippen LogP) is 5.17. The van der Waals surface area contributed by atoms with Crippen molar-refractivity contribution in [2.45, 2.75) is 13.3 Å². The van der Waals surface area contributed by atoms with Gasteiger partial charge in [0.2, 0.25) is 5.88 Å². The van der Waals surface area contributed by atoms with Crippen molar-refractivity contribution in [1.29, 1.82) is 0 Å². The number of fused-ring (bicyclic) bond motifs is 3. The first-order chi connectivity index (χ1) is 13.7. The lowest BCUT2D eigenvalue weighted by Gasteiger charge is -2.06. The van der Waals surface area contributed by atoms with Crippen molar-refractivity contribution in [3.63, 3.8) is 0 Å². The van der Waals surface area contributed by atoms with Gasteiger partial charge in [0, 0.05) is 24.1 Å². The van der Waals surface area contributed by atoms with Gasteiger partial charge < -0.3 is 14.2 Å². The Hall–Kier alpha value is -3.45. The summed E-state index contributed by atoms with van der Waals surface area (Å²) >= 11 is 5.91. The highest BCUT2D eigenvalue weighted by molar-refractivity contribution is 6.30. The maximum absolute atomic E-state index is 6.02. The lowest BCUT2D eigenvalue weighted by Crippen LogP contribution is -1.88. The highest BCUT2D eigenvalue weighted by Crippen LogP contribution is 2.36. The van der Waals surface area contributed by atoms with Gasteiger partial charge in [-0.1, -0.05) is 29.7 Å². The van der Waals surface area contributed by atoms with Gasteiger partial charge in [0.05, 0.1) is 27.6 Å². The number of H-pyrrole nitrogens is 1. The van der Waals surface area contributed by atoms with Gasteiger partial charge >= 0.3 is 0 Å². The molecular weight excluding hydrogens is 378 g/mol. The zero-order valence-corrected chi connectivity index (χ0v) is 15.6. The molecular formula is C20H14ClN5O2. The molecule has 4 aromatic heterocycles. The van der Waals surface area contributed by atoms with Gasteiger partial charge in [-0.2, -0.15) is 4.98 Å². The molecule has 0 radical (unpaired) electrons. The van der Waals surface area contributed by atoms with Crippen LogP contribution in [0.1, 0.15) is 12.7 Å². The molecule has 8 heteroatoms. The summed E-state index contributed by atoms with van der Waals surface area (Å²) in [6, 6.07) is 11.2. The van der Waals surface area contributed by atoms with Crippen LogP contribution >= 0.6 is 11.6 Å². The van der Waals surface area contributed by atoms with E-state index in [9.17, 15) is 0 Å². The van der Waals surface area contributed by atoms with E-state index in [4.69, 9.17) is 20.9 Å². The number of halogens is 1. The molecule has 0 aliphatic carbocycles. The molecule has 1 aromatic carbocycles. The zero-order valence-electron chi connectivity index (χ0n) is 14.8. The minimum atomic E-state index is 0.394. The first kappa shape index (κ1) is 16.7. The Bertz CT molecular complexity index is 1290. The number of nitrogens with one attached hydrogen (secondary N) is 1. The summed E-state index contributed by atoms with van der Waals surface area (Å²) in [5, 5.41) is 6.37. The molecule has 0 aliphatic rings. The second-order valence-electron chi connectivity index (χ2n) is 6.20. The third-order valence-electron chi connectivity index (χ3n) is 4.39. The van der Waals surface area contributed by atoms with Crippen LogP contribution in [0.2, 0.25) is 5.02 Å². The maximum atomic E-state index is 6.02. The molecule has 7 nitrogen and oxygen atoms in total. The van der Waals surface area contributed by atoms with Gasteiger partial charge in [0.25, 0.3) is 5.89 Å². The summed E-state index contributed by atoms with van der Waals surface area (Å²) in [6.45, 7) is 1.97. The van der Waals surface area contributed by atoms with E-state index in [1.54, 1.807) is 24.5 Å². The van der Waals surface area contributed by atoms with Gasteiger partial charge in [-0.25, -0.2) is 9.97 Å². The molecule has 0 saturated carbocycles. The fourth-order valence-corrected chi connectivity index (χ4v) is 3.17. The van der Waals surface area contributed by atoms with Crippen molar-refractivity contribution in [1.82, 2.24) is 25.1 Å². The lowest BCUT2D eigenvalue weighted by atomic mass is 10.1. The minimum Gasteiger partial charge on any atom is -0.438 e. The quantitative estimate of drug-likeness (QED) is 0.454. The number of hydrogen-bond acceptors (Lipinski definition) is 6. The number of aromatic nitrogens is 5. The normalized spacial score (nSPS) is 11.4. The van der Waals surface area contributed by atoms with E-state index in [0.717, 1.165) is 21.8 Å². The van der Waals surface area contributed by atoms with Crippen LogP contribution in [0, 0.1) is 0 Å². The fourth-order valence-electron chi connectivity index (χ4n) is 3.06. The van der Waals surface area contributed by atoms with E-state index < -0.39 is 0 Å². The summed E-state index contributed by atoms with van der Waals surface area (Å²) in [6.07, 6.45) is 4.00. The van der Waals surface area contributed by atoms with Crippen molar-refractivity contribution in [2.24, 2.45) is 0 Å². The Morgan fingerprint density at radius 2 is 2.04 bits per heavy atom. The van der Waals surface area contributed by atoms with Crippen LogP contribution < -0.4 is 4.74 Å². The number of hydrogen-bond donors (Lipinski definition) is 1. The fraction of sp³-hybridized carbons (Fsp3) is 0.100. The topological polar surface area (TPSA) is 89.7 Å². The molecule has 0 amide bonds. The molecule has 0 aliphatic heterocycles. The molecule has 0 spiro atoms. The molecule has 0 saturated heterocycles. The average Bonchev–Trinajstić information content (AvgIpc) is 3.34. The predicted molar refractivity (Wildman–Crippen MR) is 106 cm³/mol. The average molecular weight is 392 g/mol. The Kier molecular flexibility index (Phi) is 3.95. The van der Waals surface area contributed by atoms with E-state index in [0.29, 0.717) is 40.5 Å². The molecule has 28 heavy (non-hydrogen) atoms. The molecule has 0 unspecified atom stereocenters. The zero-order chi connectivity index (χ0) is 19.1. The number of aromatic amines is 1. The Morgan fingerprint density at radius 1 is 1.11 bits per heavy atom. The largest absolute Gasteiger partial charge is 0.438 e. The second-order valence-corrected chi connectivity index (χ2v) is 6.64. The third-order valence-corrected chi connectivity index (χ3v) is 4.61. The van der Waals surface area contributed by atoms with E-state index in [-0.39, 0.29) is 0 Å². The lowest BCUT2D eigenvalue weighted by molar-refractivity contribution is 0.422. The van der Waals surface area contributed by atoms with Gasteiger partial charge in [-0.3, -0.25) is 0 Å². The highest BCUT2D eigenvalue weighted by Gasteiger charge is 2.15. The van der Waals surface area contributed by atoms with Crippen LogP contribution in [0.15, 0.2) is 53.3 Å². The van der Waals surface area contributed by atoms with E-state index in [2.05, 4.69) is 25.1 Å². The molecule has 0 atom stereocenters. The van der Waals surface area contributed by atoms with Crippen molar-refractivity contribution in [3.8, 4) is 23.2 Å². The first-order valence-corrected chi connectivity index (χ1v) is 9.12. The molecule has 1 N–H and O–H groups in total. The van der Waals surface area contributed by atoms with Crippen molar-refractivity contribution < 1.29 is 9.26 Å². The SMILES string of the molecule is CCc1noc(-c2cc3c(cn2)[nH]c2cccc(Oc4ccc(Cl)cn4)c23)n1. The van der Waals surface area contributed by atoms with E-state index in [1.807, 2.05) is 31.2 Å². The molecule has 0 bridgehead atoms. The number of ether oxygens (including phenoxy) is 1. The van der Waals surface area contributed by atoms with Gasteiger partial charge in [0.1, 0.15) is 11.4 Å². The molecule has 5 aromatic rings. The van der Waals surface area contributed by atoms with Crippen LogP contribution in [0.4, 0.5) is 0 Å². The molecule has 4 heterocycles. The summed E-state index contributed by atoms with van der Waals surface area (Å²) < 4.78 is 11.3. The Balaban J connectivity index is 1.65. The number of aryl methyl sites for hydroxylation is 1. The number of benzene rings is 1. The maximum Gasteiger partial charge on any atom is 0.276 e. The minimum absolute atomic E-state index is 0.394. The summed E-state index contributed by atoms with van der Waals surface area (Å²) in [7, 11) is 0. The van der Waals surface area contributed by atoms with Crippen LogP contribution in [0.5, 0.6) is 11.6 Å². The second kappa shape index (κ2) is 6.61. The van der Waals surface area contributed by atoms with Crippen LogP contribution in [0.25, 0.3) is 33.4 Å². The first-order valence-electron chi connectivity index (χ1n) is 8.74. The summed E-state index contributed by atoms with van der Waals surface area (Å²) in [4.78, 5) is 16.4. The van der Waals surface area contributed by atoms with E-state index >= 15 is 0 Å². The van der Waals surface area contributed by atoms with Gasteiger partial charge in [0.15, 0.2) is 5.82 Å². The van der Waals surface area contributed by atoms with Crippen molar-refractivity contribution >= 4 is 33.4 Å². The molecule has 0 fully saturated rings. The summed E-state index contributed by atoms with van der Waals surface area (Å²) in [5.41, 5.74) is 2.43. The molecule has 138 valence electrons. The van der Waals surface area contributed by atoms with Crippen LogP contribution in [-0.4, -0.2) is 25.1 Å². The summed E-state index contributed by atoms with van der Waals surface area (Å²) in [5.74, 6) is 2.18. The third kappa shape index (κ3) is 2.86. The monoisotopic (exact) mass is 391 g/mol. The smallest absolute Gasteiger partial charge is 0.276 e. The van der Waals surface area contributed by atoms with Crippen LogP contribution in [0.3, 0.4) is 0 Å². The van der Waals surface area contributed by atoms with E-state index in [1.165, 1.54) is 0 Å².